The van der Waals surface area contributed by atoms with Crippen LogP contribution < -0.4 is 5.32 Å². The highest BCUT2D eigenvalue weighted by molar-refractivity contribution is 5.71. The number of esters is 1. The minimum atomic E-state index is -0.270. The molecule has 1 aromatic rings. The van der Waals surface area contributed by atoms with Gasteiger partial charge in [0.2, 0.25) is 0 Å². The van der Waals surface area contributed by atoms with E-state index in [1.54, 1.807) is 6.33 Å². The number of carbonyl (C=O) groups excluding carboxylic acids is 1. The highest BCUT2D eigenvalue weighted by Gasteiger charge is 2.02. The maximum absolute atomic E-state index is 10.7. The minimum absolute atomic E-state index is 0.211. The molecule has 0 atom stereocenters. The van der Waals surface area contributed by atoms with E-state index in [2.05, 4.69) is 20.0 Å². The Morgan fingerprint density at radius 2 is 2.54 bits per heavy atom. The van der Waals surface area contributed by atoms with Crippen LogP contribution in [0.25, 0.3) is 0 Å². The van der Waals surface area contributed by atoms with Crippen molar-refractivity contribution in [2.45, 2.75) is 13.5 Å². The minimum Gasteiger partial charge on any atom is -0.468 e. The first kappa shape index (κ1) is 9.73. The second-order valence-corrected chi connectivity index (χ2v) is 2.65. The van der Waals surface area contributed by atoms with Crippen molar-refractivity contribution >= 4 is 5.97 Å². The van der Waals surface area contributed by atoms with E-state index in [1.165, 1.54) is 7.11 Å². The SMILES string of the molecule is COC(=O)CNCc1nc[nH]c1C. The van der Waals surface area contributed by atoms with E-state index in [0.29, 0.717) is 6.54 Å². The van der Waals surface area contributed by atoms with Crippen LogP contribution >= 0.6 is 0 Å². The third-order valence-corrected chi connectivity index (χ3v) is 1.72. The molecule has 0 saturated heterocycles. The van der Waals surface area contributed by atoms with Gasteiger partial charge in [0.05, 0.1) is 25.7 Å². The third-order valence-electron chi connectivity index (χ3n) is 1.72. The Bertz CT molecular complexity index is 283. The van der Waals surface area contributed by atoms with Crippen LogP contribution in [0.2, 0.25) is 0 Å². The van der Waals surface area contributed by atoms with Gasteiger partial charge in [-0.1, -0.05) is 0 Å². The summed E-state index contributed by atoms with van der Waals surface area (Å²) in [5, 5.41) is 2.92. The fourth-order valence-electron chi connectivity index (χ4n) is 0.921. The number of nitrogens with one attached hydrogen (secondary N) is 2. The molecule has 1 heterocycles. The Hall–Kier alpha value is -1.36. The van der Waals surface area contributed by atoms with Crippen molar-refractivity contribution in [3.05, 3.63) is 17.7 Å². The maximum atomic E-state index is 10.7. The summed E-state index contributed by atoms with van der Waals surface area (Å²) in [6, 6.07) is 0. The first-order valence-electron chi connectivity index (χ1n) is 4.00. The summed E-state index contributed by atoms with van der Waals surface area (Å²) >= 11 is 0. The highest BCUT2D eigenvalue weighted by atomic mass is 16.5. The summed E-state index contributed by atoms with van der Waals surface area (Å²) in [7, 11) is 1.36. The molecule has 13 heavy (non-hydrogen) atoms. The zero-order valence-corrected chi connectivity index (χ0v) is 7.76. The van der Waals surface area contributed by atoms with Gasteiger partial charge in [-0.2, -0.15) is 0 Å². The van der Waals surface area contributed by atoms with Crippen LogP contribution in [-0.4, -0.2) is 29.6 Å². The van der Waals surface area contributed by atoms with Crippen LogP contribution in [0, 0.1) is 6.92 Å². The summed E-state index contributed by atoms with van der Waals surface area (Å²) in [6.07, 6.45) is 1.63. The van der Waals surface area contributed by atoms with E-state index < -0.39 is 0 Å². The Labute approximate surface area is 76.5 Å². The smallest absolute Gasteiger partial charge is 0.319 e. The molecule has 2 N–H and O–H groups in total. The molecular formula is C8H13N3O2. The number of H-pyrrole nitrogens is 1. The molecule has 0 unspecified atom stereocenters. The predicted octanol–water partition coefficient (Wildman–Crippen LogP) is -0.0193. The monoisotopic (exact) mass is 183 g/mol. The molecular weight excluding hydrogens is 170 g/mol. The van der Waals surface area contributed by atoms with Crippen LogP contribution in [0.3, 0.4) is 0 Å². The molecule has 0 aliphatic carbocycles. The van der Waals surface area contributed by atoms with Gasteiger partial charge < -0.3 is 15.0 Å². The fourth-order valence-corrected chi connectivity index (χ4v) is 0.921. The average Bonchev–Trinajstić information content (AvgIpc) is 2.52. The lowest BCUT2D eigenvalue weighted by molar-refractivity contribution is -0.139. The average molecular weight is 183 g/mol. The summed E-state index contributed by atoms with van der Waals surface area (Å²) in [4.78, 5) is 17.7. The first-order valence-corrected chi connectivity index (χ1v) is 4.00. The van der Waals surface area contributed by atoms with E-state index in [9.17, 15) is 4.79 Å². The van der Waals surface area contributed by atoms with Gasteiger partial charge in [0.15, 0.2) is 0 Å². The second-order valence-electron chi connectivity index (χ2n) is 2.65. The molecule has 0 aromatic carbocycles. The van der Waals surface area contributed by atoms with Crippen molar-refractivity contribution in [3.63, 3.8) is 0 Å². The third kappa shape index (κ3) is 2.87. The number of methoxy groups -OCH3 is 1. The Morgan fingerprint density at radius 1 is 1.77 bits per heavy atom. The van der Waals surface area contributed by atoms with Crippen LogP contribution in [0.15, 0.2) is 6.33 Å². The number of aryl methyl sites for hydroxylation is 1. The summed E-state index contributed by atoms with van der Waals surface area (Å²) in [5.74, 6) is -0.270. The van der Waals surface area contributed by atoms with E-state index in [1.807, 2.05) is 6.92 Å². The van der Waals surface area contributed by atoms with E-state index in [-0.39, 0.29) is 12.5 Å². The summed E-state index contributed by atoms with van der Waals surface area (Å²) in [6.45, 7) is 2.72. The Morgan fingerprint density at radius 3 is 3.08 bits per heavy atom. The molecule has 0 fully saturated rings. The van der Waals surface area contributed by atoms with Crippen molar-refractivity contribution in [1.82, 2.24) is 15.3 Å². The summed E-state index contributed by atoms with van der Waals surface area (Å²) < 4.78 is 4.47. The van der Waals surface area contributed by atoms with Crippen molar-refractivity contribution < 1.29 is 9.53 Å². The molecule has 1 aromatic heterocycles. The lowest BCUT2D eigenvalue weighted by atomic mass is 10.3. The fraction of sp³-hybridized carbons (Fsp3) is 0.500. The summed E-state index contributed by atoms with van der Waals surface area (Å²) in [5.41, 5.74) is 1.93. The molecule has 0 aliphatic heterocycles. The van der Waals surface area contributed by atoms with Crippen LogP contribution in [0.5, 0.6) is 0 Å². The maximum Gasteiger partial charge on any atom is 0.319 e. The molecule has 0 radical (unpaired) electrons. The standard InChI is InChI=1S/C8H13N3O2/c1-6-7(11-5-10-6)3-9-4-8(12)13-2/h5,9H,3-4H2,1-2H3,(H,10,11). The predicted molar refractivity (Wildman–Crippen MR) is 47.0 cm³/mol. The highest BCUT2D eigenvalue weighted by Crippen LogP contribution is 1.98. The van der Waals surface area contributed by atoms with Gasteiger partial charge >= 0.3 is 5.97 Å². The van der Waals surface area contributed by atoms with Gasteiger partial charge in [-0.15, -0.1) is 0 Å². The van der Waals surface area contributed by atoms with Crippen LogP contribution in [-0.2, 0) is 16.1 Å². The van der Waals surface area contributed by atoms with Gasteiger partial charge in [-0.25, -0.2) is 4.98 Å². The Kier molecular flexibility index (Phi) is 3.45. The molecule has 0 bridgehead atoms. The van der Waals surface area contributed by atoms with Gasteiger partial charge in [-0.3, -0.25) is 4.79 Å². The van der Waals surface area contributed by atoms with E-state index >= 15 is 0 Å². The van der Waals surface area contributed by atoms with Gasteiger partial charge in [0.1, 0.15) is 0 Å². The van der Waals surface area contributed by atoms with Crippen molar-refractivity contribution in [1.29, 1.82) is 0 Å². The zero-order chi connectivity index (χ0) is 9.68. The molecule has 5 heteroatoms. The molecule has 0 aliphatic rings. The molecule has 72 valence electrons. The van der Waals surface area contributed by atoms with E-state index in [4.69, 9.17) is 0 Å². The number of hydrogen-bond acceptors (Lipinski definition) is 4. The number of aromatic nitrogens is 2. The number of hydrogen-bond donors (Lipinski definition) is 2. The van der Waals surface area contributed by atoms with Crippen molar-refractivity contribution in [2.75, 3.05) is 13.7 Å². The topological polar surface area (TPSA) is 67.0 Å². The first-order chi connectivity index (χ1) is 6.24. The van der Waals surface area contributed by atoms with Crippen molar-refractivity contribution in [3.8, 4) is 0 Å². The number of nitrogens with zero attached hydrogens (tertiary/aromatic N) is 1. The number of ether oxygens (including phenoxy) is 1. The van der Waals surface area contributed by atoms with Gasteiger partial charge in [0.25, 0.3) is 0 Å². The zero-order valence-electron chi connectivity index (χ0n) is 7.76. The second kappa shape index (κ2) is 4.61. The molecule has 0 saturated carbocycles. The van der Waals surface area contributed by atoms with Crippen molar-refractivity contribution in [2.24, 2.45) is 0 Å². The number of imidazole rings is 1. The molecule has 0 amide bonds. The quantitative estimate of drug-likeness (QED) is 0.644. The number of rotatable bonds is 4. The molecule has 5 nitrogen and oxygen atoms in total. The number of carbonyl (C=O) groups is 1. The Balaban J connectivity index is 2.28. The van der Waals surface area contributed by atoms with Gasteiger partial charge in [-0.05, 0) is 6.92 Å². The lowest BCUT2D eigenvalue weighted by Gasteiger charge is -2.01. The normalized spacial score (nSPS) is 10.0. The molecule has 0 spiro atoms. The van der Waals surface area contributed by atoms with Gasteiger partial charge in [0, 0.05) is 12.2 Å². The van der Waals surface area contributed by atoms with E-state index in [0.717, 1.165) is 11.4 Å². The molecule has 1 rings (SSSR count). The number of aromatic amines is 1. The lowest BCUT2D eigenvalue weighted by Crippen LogP contribution is -2.23. The van der Waals surface area contributed by atoms with Crippen LogP contribution in [0.1, 0.15) is 11.4 Å². The van der Waals surface area contributed by atoms with Crippen LogP contribution in [0.4, 0.5) is 0 Å². The largest absolute Gasteiger partial charge is 0.468 e.